The second-order valence-corrected chi connectivity index (χ2v) is 10.3. The molecule has 0 amide bonds. The molecular formula is C34H49N2+. The Labute approximate surface area is 221 Å². The van der Waals surface area contributed by atoms with Gasteiger partial charge in [-0.1, -0.05) is 82.1 Å². The summed E-state index contributed by atoms with van der Waals surface area (Å²) < 4.78 is 2.53. The predicted molar refractivity (Wildman–Crippen MR) is 160 cm³/mol. The molecule has 3 aromatic rings. The highest BCUT2D eigenvalue weighted by atomic mass is 15.1. The van der Waals surface area contributed by atoms with Crippen LogP contribution in [0.3, 0.4) is 0 Å². The molecule has 0 radical (unpaired) electrons. The van der Waals surface area contributed by atoms with Crippen LogP contribution in [0.5, 0.6) is 0 Å². The van der Waals surface area contributed by atoms with E-state index in [4.69, 9.17) is 0 Å². The van der Waals surface area contributed by atoms with Gasteiger partial charge in [0.2, 0.25) is 11.2 Å². The van der Waals surface area contributed by atoms with E-state index in [1.54, 1.807) is 0 Å². The van der Waals surface area contributed by atoms with E-state index in [1.165, 1.54) is 97.6 Å². The van der Waals surface area contributed by atoms with E-state index in [0.717, 1.165) is 19.6 Å². The molecule has 2 aromatic carbocycles. The van der Waals surface area contributed by atoms with E-state index in [9.17, 15) is 0 Å². The van der Waals surface area contributed by atoms with Crippen molar-refractivity contribution in [3.63, 3.8) is 0 Å². The Morgan fingerprint density at radius 1 is 0.667 bits per heavy atom. The zero-order valence-corrected chi connectivity index (χ0v) is 23.4. The van der Waals surface area contributed by atoms with Crippen molar-refractivity contribution in [2.45, 2.75) is 98.4 Å². The van der Waals surface area contributed by atoms with Gasteiger partial charge in [0.15, 0.2) is 0 Å². The molecule has 0 aliphatic rings. The predicted octanol–water partition coefficient (Wildman–Crippen LogP) is 9.37. The third-order valence-corrected chi connectivity index (χ3v) is 7.42. The van der Waals surface area contributed by atoms with Crippen LogP contribution in [0.4, 0.5) is 5.69 Å². The minimum Gasteiger partial charge on any atom is -0.372 e. The molecule has 0 bridgehead atoms. The molecule has 0 N–H and O–H groups in total. The highest BCUT2D eigenvalue weighted by Crippen LogP contribution is 2.18. The lowest BCUT2D eigenvalue weighted by Gasteiger charge is -2.20. The second-order valence-electron chi connectivity index (χ2n) is 10.3. The van der Waals surface area contributed by atoms with Crippen molar-refractivity contribution in [2.24, 2.45) is 0 Å². The van der Waals surface area contributed by atoms with E-state index in [-0.39, 0.29) is 0 Å². The number of aryl methyl sites for hydroxylation is 2. The molecule has 0 atom stereocenters. The van der Waals surface area contributed by atoms with Gasteiger partial charge in [-0.25, -0.2) is 0 Å². The monoisotopic (exact) mass is 485 g/mol. The fourth-order valence-corrected chi connectivity index (χ4v) is 5.18. The number of anilines is 1. The molecule has 1 heterocycles. The molecule has 0 fully saturated rings. The fraction of sp³-hybridized carbons (Fsp3) is 0.500. The summed E-state index contributed by atoms with van der Waals surface area (Å²) >= 11 is 0. The van der Waals surface area contributed by atoms with Crippen LogP contribution < -0.4 is 9.47 Å². The van der Waals surface area contributed by atoms with Gasteiger partial charge in [0, 0.05) is 48.8 Å². The number of hydrogen-bond acceptors (Lipinski definition) is 1. The van der Waals surface area contributed by atoms with Gasteiger partial charge in [-0.3, -0.25) is 0 Å². The molecule has 3 rings (SSSR count). The van der Waals surface area contributed by atoms with Gasteiger partial charge in [-0.2, -0.15) is 4.57 Å². The van der Waals surface area contributed by atoms with Crippen molar-refractivity contribution < 1.29 is 4.57 Å². The van der Waals surface area contributed by atoms with Crippen molar-refractivity contribution in [3.05, 3.63) is 71.4 Å². The first-order valence-electron chi connectivity index (χ1n) is 14.6. The topological polar surface area (TPSA) is 7.12 Å². The lowest BCUT2D eigenvalue weighted by Crippen LogP contribution is -2.38. The van der Waals surface area contributed by atoms with Crippen LogP contribution in [0.1, 0.15) is 102 Å². The maximum atomic E-state index is 2.53. The van der Waals surface area contributed by atoms with Gasteiger partial charge in [0.1, 0.15) is 6.54 Å². The van der Waals surface area contributed by atoms with Gasteiger partial charge in [0.25, 0.3) is 0 Å². The molecule has 2 nitrogen and oxygen atoms in total. The van der Waals surface area contributed by atoms with Gasteiger partial charge in [-0.15, -0.1) is 0 Å². The Kier molecular flexibility index (Phi) is 12.0. The Morgan fingerprint density at radius 3 is 1.94 bits per heavy atom. The van der Waals surface area contributed by atoms with Gasteiger partial charge < -0.3 is 4.90 Å². The van der Waals surface area contributed by atoms with E-state index < -0.39 is 0 Å². The van der Waals surface area contributed by atoms with Crippen LogP contribution in [-0.4, -0.2) is 13.1 Å². The number of aromatic nitrogens is 1. The van der Waals surface area contributed by atoms with Crippen molar-refractivity contribution >= 4 is 28.7 Å². The van der Waals surface area contributed by atoms with Crippen LogP contribution in [0.25, 0.3) is 23.1 Å². The molecule has 0 unspecified atom stereocenters. The average Bonchev–Trinajstić information content (AvgIpc) is 2.90. The summed E-state index contributed by atoms with van der Waals surface area (Å²) in [4.78, 5) is 2.39. The van der Waals surface area contributed by atoms with Crippen molar-refractivity contribution in [1.82, 2.24) is 0 Å². The molecule has 2 heteroatoms. The number of fused-ring (bicyclic) bond motifs is 1. The largest absolute Gasteiger partial charge is 0.372 e. The number of benzene rings is 2. The molecule has 0 aliphatic carbocycles. The number of nitrogens with zero attached hydrogens (tertiary/aromatic N) is 2. The average molecular weight is 486 g/mol. The SMILES string of the molecule is CCCCCCCCCCCC[n+]1c(/C=C\c2ccc(N(CC)CC)cc2)ccc2cc(C)ccc21. The smallest absolute Gasteiger partial charge is 0.212 e. The van der Waals surface area contributed by atoms with Crippen molar-refractivity contribution in [1.29, 1.82) is 0 Å². The number of hydrogen-bond donors (Lipinski definition) is 0. The zero-order valence-electron chi connectivity index (χ0n) is 23.4. The lowest BCUT2D eigenvalue weighted by atomic mass is 10.1. The third-order valence-electron chi connectivity index (χ3n) is 7.42. The van der Waals surface area contributed by atoms with E-state index in [2.05, 4.69) is 104 Å². The highest BCUT2D eigenvalue weighted by molar-refractivity contribution is 5.78. The summed E-state index contributed by atoms with van der Waals surface area (Å²) in [5, 5.41) is 1.34. The second kappa shape index (κ2) is 15.5. The fourth-order valence-electron chi connectivity index (χ4n) is 5.18. The summed E-state index contributed by atoms with van der Waals surface area (Å²) in [5.74, 6) is 0. The molecule has 1 aromatic heterocycles. The first-order chi connectivity index (χ1) is 17.7. The maximum Gasteiger partial charge on any atom is 0.212 e. The summed E-state index contributed by atoms with van der Waals surface area (Å²) in [6, 6.07) is 20.4. The third kappa shape index (κ3) is 8.50. The summed E-state index contributed by atoms with van der Waals surface area (Å²) in [7, 11) is 0. The summed E-state index contributed by atoms with van der Waals surface area (Å²) in [6.07, 6.45) is 18.3. The zero-order chi connectivity index (χ0) is 25.6. The Bertz CT molecular complexity index is 1060. The first kappa shape index (κ1) is 28.0. The Hall–Kier alpha value is -2.61. The van der Waals surface area contributed by atoms with Crippen LogP contribution in [0.15, 0.2) is 54.6 Å². The van der Waals surface area contributed by atoms with E-state index >= 15 is 0 Å². The molecule has 194 valence electrons. The van der Waals surface area contributed by atoms with Crippen molar-refractivity contribution in [2.75, 3.05) is 18.0 Å². The Morgan fingerprint density at radius 2 is 1.31 bits per heavy atom. The first-order valence-corrected chi connectivity index (χ1v) is 14.6. The number of pyridine rings is 1. The maximum absolute atomic E-state index is 2.53. The normalized spacial score (nSPS) is 11.6. The Balaban J connectivity index is 1.64. The number of rotatable bonds is 16. The minimum atomic E-state index is 1.04. The molecule has 0 aliphatic heterocycles. The van der Waals surface area contributed by atoms with Gasteiger partial charge >= 0.3 is 0 Å². The van der Waals surface area contributed by atoms with E-state index in [1.807, 2.05) is 0 Å². The van der Waals surface area contributed by atoms with Crippen LogP contribution in [-0.2, 0) is 6.54 Å². The van der Waals surface area contributed by atoms with Crippen LogP contribution in [0.2, 0.25) is 0 Å². The lowest BCUT2D eigenvalue weighted by molar-refractivity contribution is -0.673. The minimum absolute atomic E-state index is 1.04. The molecule has 0 saturated carbocycles. The van der Waals surface area contributed by atoms with E-state index in [0.29, 0.717) is 0 Å². The molecule has 0 spiro atoms. The van der Waals surface area contributed by atoms with Crippen molar-refractivity contribution in [3.8, 4) is 0 Å². The van der Waals surface area contributed by atoms with Crippen LogP contribution in [0, 0.1) is 6.92 Å². The van der Waals surface area contributed by atoms with Crippen LogP contribution >= 0.6 is 0 Å². The number of unbranched alkanes of at least 4 members (excludes halogenated alkanes) is 9. The summed E-state index contributed by atoms with van der Waals surface area (Å²) in [5.41, 5.74) is 6.50. The molecular weight excluding hydrogens is 436 g/mol. The standard InChI is InChI=1S/C34H49N2/c1-5-8-9-10-11-12-13-14-15-16-27-36-33(25-21-31-28-29(4)17-26-34(31)36)24-20-30-18-22-32(23-19-30)35(6-2)7-3/h17-26,28H,5-16,27H2,1-4H3/q+1. The molecule has 0 saturated heterocycles. The van der Waals surface area contributed by atoms with Gasteiger partial charge in [0.05, 0.1) is 0 Å². The molecule has 36 heavy (non-hydrogen) atoms. The quantitative estimate of drug-likeness (QED) is 0.145. The van der Waals surface area contributed by atoms with Gasteiger partial charge in [-0.05, 0) is 63.1 Å². The highest BCUT2D eigenvalue weighted by Gasteiger charge is 2.14. The summed E-state index contributed by atoms with van der Waals surface area (Å²) in [6.45, 7) is 12.1.